The van der Waals surface area contributed by atoms with E-state index in [0.29, 0.717) is 37.5 Å². The zero-order chi connectivity index (χ0) is 25.7. The molecule has 9 nitrogen and oxygen atoms in total. The second-order valence-corrected chi connectivity index (χ2v) is 8.69. The molecule has 0 unspecified atom stereocenters. The van der Waals surface area contributed by atoms with E-state index in [1.165, 1.54) is 0 Å². The number of nitrogens with zero attached hydrogens (tertiary/aromatic N) is 6. The van der Waals surface area contributed by atoms with Gasteiger partial charge in [0.25, 0.3) is 0 Å². The molecule has 36 heavy (non-hydrogen) atoms. The van der Waals surface area contributed by atoms with Crippen LogP contribution in [0.25, 0.3) is 0 Å². The molecule has 1 aromatic heterocycles. The smallest absolute Gasteiger partial charge is 0.232 e. The number of aromatic nitrogens is 3. The van der Waals surface area contributed by atoms with E-state index in [4.69, 9.17) is 0 Å². The van der Waals surface area contributed by atoms with Gasteiger partial charge in [-0.1, -0.05) is 54.6 Å². The van der Waals surface area contributed by atoms with Gasteiger partial charge in [-0.3, -0.25) is 0 Å². The van der Waals surface area contributed by atoms with Crippen LogP contribution in [0.15, 0.2) is 72.8 Å². The number of rotatable bonds is 9. The SMILES string of the molecule is CN(Cc1ccccc1O)c1nc(N(C)Cc2ccccc2O)nc(N(C)Cc2ccccc2O)n1. The van der Waals surface area contributed by atoms with Gasteiger partial charge in [-0.15, -0.1) is 0 Å². The standard InChI is InChI=1S/C27H30N6O3/c1-31(16-19-10-4-7-13-22(19)34)25-28-26(32(2)17-20-11-5-8-14-23(20)35)30-27(29-25)33(3)18-21-12-6-9-15-24(21)36/h4-15,34-36H,16-18H2,1-3H3. The first-order chi connectivity index (χ1) is 17.3. The summed E-state index contributed by atoms with van der Waals surface area (Å²) in [5.74, 6) is 1.87. The Kier molecular flexibility index (Phi) is 7.39. The van der Waals surface area contributed by atoms with Gasteiger partial charge in [0.05, 0.1) is 0 Å². The number of anilines is 3. The summed E-state index contributed by atoms with van der Waals surface area (Å²) in [6.07, 6.45) is 0. The number of benzene rings is 3. The van der Waals surface area contributed by atoms with Crippen LogP contribution in [-0.2, 0) is 19.6 Å². The maximum atomic E-state index is 10.2. The lowest BCUT2D eigenvalue weighted by Gasteiger charge is -2.25. The lowest BCUT2D eigenvalue weighted by atomic mass is 10.2. The summed E-state index contributed by atoms with van der Waals surface area (Å²) >= 11 is 0. The highest BCUT2D eigenvalue weighted by Gasteiger charge is 2.18. The van der Waals surface area contributed by atoms with Crippen molar-refractivity contribution in [3.63, 3.8) is 0 Å². The second kappa shape index (κ2) is 10.8. The Morgan fingerprint density at radius 1 is 0.472 bits per heavy atom. The molecule has 4 aromatic rings. The van der Waals surface area contributed by atoms with Crippen LogP contribution in [0, 0.1) is 0 Å². The van der Waals surface area contributed by atoms with Gasteiger partial charge in [0.2, 0.25) is 17.8 Å². The summed E-state index contributed by atoms with van der Waals surface area (Å²) < 4.78 is 0. The molecule has 0 radical (unpaired) electrons. The van der Waals surface area contributed by atoms with Gasteiger partial charge in [0.1, 0.15) is 17.2 Å². The maximum absolute atomic E-state index is 10.2. The Bertz CT molecular complexity index is 1160. The quantitative estimate of drug-likeness (QED) is 0.324. The lowest BCUT2D eigenvalue weighted by molar-refractivity contribution is 0.467. The molecule has 0 aliphatic rings. The number of para-hydroxylation sites is 3. The van der Waals surface area contributed by atoms with E-state index in [0.717, 1.165) is 16.7 Å². The van der Waals surface area contributed by atoms with Crippen molar-refractivity contribution in [2.75, 3.05) is 35.8 Å². The number of aromatic hydroxyl groups is 3. The van der Waals surface area contributed by atoms with Gasteiger partial charge in [-0.05, 0) is 18.2 Å². The number of hydrogen-bond acceptors (Lipinski definition) is 9. The van der Waals surface area contributed by atoms with Crippen molar-refractivity contribution < 1.29 is 15.3 Å². The predicted molar refractivity (Wildman–Crippen MR) is 140 cm³/mol. The maximum Gasteiger partial charge on any atom is 0.232 e. The first-order valence-corrected chi connectivity index (χ1v) is 11.5. The van der Waals surface area contributed by atoms with E-state index in [1.807, 2.05) is 72.2 Å². The van der Waals surface area contributed by atoms with Gasteiger partial charge in [-0.2, -0.15) is 15.0 Å². The molecule has 0 saturated heterocycles. The largest absolute Gasteiger partial charge is 0.508 e. The molecule has 186 valence electrons. The highest BCUT2D eigenvalue weighted by atomic mass is 16.3. The minimum atomic E-state index is 0.201. The van der Waals surface area contributed by atoms with E-state index in [-0.39, 0.29) is 17.2 Å². The normalized spacial score (nSPS) is 10.8. The van der Waals surface area contributed by atoms with E-state index < -0.39 is 0 Å². The summed E-state index contributed by atoms with van der Waals surface area (Å²) in [5, 5.41) is 30.7. The van der Waals surface area contributed by atoms with Crippen molar-refractivity contribution in [1.29, 1.82) is 0 Å². The van der Waals surface area contributed by atoms with Crippen LogP contribution < -0.4 is 14.7 Å². The fourth-order valence-electron chi connectivity index (χ4n) is 3.77. The zero-order valence-electron chi connectivity index (χ0n) is 20.6. The molecular weight excluding hydrogens is 456 g/mol. The Hall–Kier alpha value is -4.53. The summed E-state index contributed by atoms with van der Waals surface area (Å²) in [4.78, 5) is 19.6. The molecule has 4 rings (SSSR count). The molecule has 0 spiro atoms. The topological polar surface area (TPSA) is 109 Å². The second-order valence-electron chi connectivity index (χ2n) is 8.69. The number of phenols is 3. The Balaban J connectivity index is 1.67. The fourth-order valence-corrected chi connectivity index (χ4v) is 3.77. The van der Waals surface area contributed by atoms with Gasteiger partial charge in [0, 0.05) is 57.5 Å². The van der Waals surface area contributed by atoms with Crippen molar-refractivity contribution >= 4 is 17.8 Å². The van der Waals surface area contributed by atoms with E-state index in [1.54, 1.807) is 36.4 Å². The van der Waals surface area contributed by atoms with E-state index >= 15 is 0 Å². The molecular formula is C27H30N6O3. The number of hydrogen-bond donors (Lipinski definition) is 3. The van der Waals surface area contributed by atoms with Crippen molar-refractivity contribution in [3.8, 4) is 17.2 Å². The fraction of sp³-hybridized carbons (Fsp3) is 0.222. The van der Waals surface area contributed by atoms with Crippen LogP contribution in [-0.4, -0.2) is 51.4 Å². The van der Waals surface area contributed by atoms with Gasteiger partial charge in [-0.25, -0.2) is 0 Å². The molecule has 9 heteroatoms. The van der Waals surface area contributed by atoms with Gasteiger partial charge in [0.15, 0.2) is 0 Å². The summed E-state index contributed by atoms with van der Waals surface area (Å²) in [5.41, 5.74) is 2.23. The first-order valence-electron chi connectivity index (χ1n) is 11.5. The molecule has 0 amide bonds. The van der Waals surface area contributed by atoms with E-state index in [9.17, 15) is 15.3 Å². The molecule has 0 bridgehead atoms. The van der Waals surface area contributed by atoms with Crippen molar-refractivity contribution in [1.82, 2.24) is 15.0 Å². The molecule has 0 saturated carbocycles. The molecule has 0 fully saturated rings. The third-order valence-corrected chi connectivity index (χ3v) is 5.82. The molecule has 3 aromatic carbocycles. The van der Waals surface area contributed by atoms with E-state index in [2.05, 4.69) is 15.0 Å². The summed E-state index contributed by atoms with van der Waals surface area (Å²) in [7, 11) is 5.55. The van der Waals surface area contributed by atoms with Crippen LogP contribution in [0.2, 0.25) is 0 Å². The monoisotopic (exact) mass is 486 g/mol. The van der Waals surface area contributed by atoms with Gasteiger partial charge >= 0.3 is 0 Å². The average Bonchev–Trinajstić information content (AvgIpc) is 2.87. The minimum absolute atomic E-state index is 0.201. The van der Waals surface area contributed by atoms with Crippen molar-refractivity contribution in [3.05, 3.63) is 89.5 Å². The summed E-state index contributed by atoms with van der Waals surface area (Å²) in [6.45, 7) is 1.17. The molecule has 0 aliphatic heterocycles. The van der Waals surface area contributed by atoms with Crippen LogP contribution >= 0.6 is 0 Å². The lowest BCUT2D eigenvalue weighted by Crippen LogP contribution is -2.27. The molecule has 3 N–H and O–H groups in total. The molecule has 0 aliphatic carbocycles. The third-order valence-electron chi connectivity index (χ3n) is 5.82. The van der Waals surface area contributed by atoms with Crippen LogP contribution in [0.1, 0.15) is 16.7 Å². The molecule has 1 heterocycles. The predicted octanol–water partition coefficient (Wildman–Crippen LogP) is 3.90. The Morgan fingerprint density at radius 2 is 0.722 bits per heavy atom. The Morgan fingerprint density at radius 3 is 0.972 bits per heavy atom. The van der Waals surface area contributed by atoms with Crippen molar-refractivity contribution in [2.45, 2.75) is 19.6 Å². The third kappa shape index (κ3) is 5.75. The van der Waals surface area contributed by atoms with Gasteiger partial charge < -0.3 is 30.0 Å². The van der Waals surface area contributed by atoms with Crippen LogP contribution in [0.5, 0.6) is 17.2 Å². The first kappa shape index (κ1) is 24.6. The van der Waals surface area contributed by atoms with Crippen LogP contribution in [0.3, 0.4) is 0 Å². The average molecular weight is 487 g/mol. The molecule has 0 atom stereocenters. The minimum Gasteiger partial charge on any atom is -0.508 e. The van der Waals surface area contributed by atoms with Crippen molar-refractivity contribution in [2.24, 2.45) is 0 Å². The summed E-state index contributed by atoms with van der Waals surface area (Å²) in [6, 6.07) is 21.4. The highest BCUT2D eigenvalue weighted by molar-refractivity contribution is 5.48. The Labute approximate surface area is 210 Å². The highest BCUT2D eigenvalue weighted by Crippen LogP contribution is 2.25. The van der Waals surface area contributed by atoms with Crippen LogP contribution in [0.4, 0.5) is 17.8 Å². The zero-order valence-corrected chi connectivity index (χ0v) is 20.6. The number of phenolic OH excluding ortho intramolecular Hbond substituents is 3.